The molecule has 4 heteroatoms. The molecule has 12 heavy (non-hydrogen) atoms. The molecule has 4 atom stereocenters. The molecular weight excluding hydrogens is 180 g/mol. The molecule has 2 aliphatic rings. The maximum Gasteiger partial charge on any atom is 0.307 e. The number of carboxylic acid groups (broad SMARTS) is 1. The molecule has 0 radical (unpaired) electrons. The minimum absolute atomic E-state index is 0.0873. The van der Waals surface area contributed by atoms with E-state index in [4.69, 9.17) is 16.7 Å². The van der Waals surface area contributed by atoms with Crippen LogP contribution in [-0.2, 0) is 9.59 Å². The first kappa shape index (κ1) is 8.05. The number of halogens is 1. The smallest absolute Gasteiger partial charge is 0.307 e. The molecule has 2 fully saturated rings. The third kappa shape index (κ3) is 0.891. The predicted octanol–water partition coefficient (Wildman–Crippen LogP) is 0.904. The summed E-state index contributed by atoms with van der Waals surface area (Å²) in [4.78, 5) is 21.9. The van der Waals surface area contributed by atoms with Crippen LogP contribution in [-0.4, -0.2) is 22.2 Å². The molecule has 2 aliphatic carbocycles. The Morgan fingerprint density at radius 3 is 2.58 bits per heavy atom. The van der Waals surface area contributed by atoms with Gasteiger partial charge in [0.25, 0.3) is 0 Å². The number of carbonyl (C=O) groups excluding carboxylic acids is 1. The Bertz CT molecular complexity index is 251. The monoisotopic (exact) mass is 188 g/mol. The van der Waals surface area contributed by atoms with Gasteiger partial charge in [0.2, 0.25) is 0 Å². The molecule has 0 spiro atoms. The van der Waals surface area contributed by atoms with Gasteiger partial charge in [-0.05, 0) is 12.3 Å². The lowest BCUT2D eigenvalue weighted by Crippen LogP contribution is -2.20. The molecule has 0 amide bonds. The van der Waals surface area contributed by atoms with E-state index in [1.807, 2.05) is 0 Å². The first-order chi connectivity index (χ1) is 5.61. The van der Waals surface area contributed by atoms with Gasteiger partial charge >= 0.3 is 5.97 Å². The highest BCUT2D eigenvalue weighted by atomic mass is 35.5. The van der Waals surface area contributed by atoms with Crippen LogP contribution in [0.5, 0.6) is 0 Å². The van der Waals surface area contributed by atoms with Crippen LogP contribution in [0.2, 0.25) is 0 Å². The highest BCUT2D eigenvalue weighted by Gasteiger charge is 2.55. The van der Waals surface area contributed by atoms with Crippen molar-refractivity contribution in [3.8, 4) is 0 Å². The van der Waals surface area contributed by atoms with Gasteiger partial charge in [0, 0.05) is 17.7 Å². The fourth-order valence-corrected chi connectivity index (χ4v) is 2.85. The number of hydrogen-bond acceptors (Lipinski definition) is 2. The molecule has 0 saturated heterocycles. The Morgan fingerprint density at radius 1 is 1.58 bits per heavy atom. The number of hydrogen-bond donors (Lipinski definition) is 1. The van der Waals surface area contributed by atoms with Gasteiger partial charge in [0.05, 0.1) is 5.92 Å². The van der Waals surface area contributed by atoms with Crippen LogP contribution in [0.15, 0.2) is 0 Å². The van der Waals surface area contributed by atoms with Crippen molar-refractivity contribution < 1.29 is 14.7 Å². The number of aliphatic carboxylic acids is 1. The molecular formula is C8H9ClO3. The van der Waals surface area contributed by atoms with E-state index < -0.39 is 11.9 Å². The molecule has 2 rings (SSSR count). The van der Waals surface area contributed by atoms with Crippen molar-refractivity contribution in [2.45, 2.75) is 18.2 Å². The number of rotatable bonds is 1. The van der Waals surface area contributed by atoms with Crippen LogP contribution in [0.1, 0.15) is 12.8 Å². The SMILES string of the molecule is O=C(O)C1[C@@H]2C[C@@H](Cl)[C@@H]1CC2=O. The van der Waals surface area contributed by atoms with Gasteiger partial charge in [-0.3, -0.25) is 9.59 Å². The summed E-state index contributed by atoms with van der Waals surface area (Å²) in [6.45, 7) is 0. The summed E-state index contributed by atoms with van der Waals surface area (Å²) >= 11 is 5.90. The van der Waals surface area contributed by atoms with Crippen molar-refractivity contribution in [1.82, 2.24) is 0 Å². The van der Waals surface area contributed by atoms with Crippen LogP contribution in [0.25, 0.3) is 0 Å². The summed E-state index contributed by atoms with van der Waals surface area (Å²) in [6, 6.07) is 0. The van der Waals surface area contributed by atoms with Crippen LogP contribution in [0, 0.1) is 17.8 Å². The fraction of sp³-hybridized carbons (Fsp3) is 0.750. The predicted molar refractivity (Wildman–Crippen MR) is 42.0 cm³/mol. The van der Waals surface area contributed by atoms with Crippen LogP contribution in [0.4, 0.5) is 0 Å². The summed E-state index contributed by atoms with van der Waals surface area (Å²) in [5.41, 5.74) is 0. The first-order valence-corrected chi connectivity index (χ1v) is 4.44. The first-order valence-electron chi connectivity index (χ1n) is 4.01. The summed E-state index contributed by atoms with van der Waals surface area (Å²) in [5.74, 6) is -1.68. The molecule has 0 aliphatic heterocycles. The van der Waals surface area contributed by atoms with E-state index in [0.717, 1.165) is 0 Å². The van der Waals surface area contributed by atoms with Crippen molar-refractivity contribution in [3.05, 3.63) is 0 Å². The maximum atomic E-state index is 11.2. The van der Waals surface area contributed by atoms with Gasteiger partial charge in [-0.2, -0.15) is 0 Å². The lowest BCUT2D eigenvalue weighted by atomic mass is 9.98. The maximum absolute atomic E-state index is 11.2. The Balaban J connectivity index is 2.28. The van der Waals surface area contributed by atoms with E-state index in [0.29, 0.717) is 12.8 Å². The third-order valence-corrected chi connectivity index (χ3v) is 3.48. The van der Waals surface area contributed by atoms with E-state index in [-0.39, 0.29) is 23.0 Å². The topological polar surface area (TPSA) is 54.4 Å². The number of fused-ring (bicyclic) bond motifs is 2. The molecule has 3 nitrogen and oxygen atoms in total. The molecule has 0 heterocycles. The van der Waals surface area contributed by atoms with E-state index >= 15 is 0 Å². The summed E-state index contributed by atoms with van der Waals surface area (Å²) in [7, 11) is 0. The fourth-order valence-electron chi connectivity index (χ4n) is 2.41. The summed E-state index contributed by atoms with van der Waals surface area (Å²) in [5, 5.41) is 8.72. The quantitative estimate of drug-likeness (QED) is 0.623. The zero-order valence-corrected chi connectivity index (χ0v) is 7.12. The van der Waals surface area contributed by atoms with E-state index in [1.165, 1.54) is 0 Å². The molecule has 2 bridgehead atoms. The molecule has 0 aromatic carbocycles. The average molecular weight is 189 g/mol. The number of ketones is 1. The normalized spacial score (nSPS) is 45.2. The minimum Gasteiger partial charge on any atom is -0.481 e. The number of alkyl halides is 1. The van der Waals surface area contributed by atoms with Gasteiger partial charge < -0.3 is 5.11 Å². The Morgan fingerprint density at radius 2 is 2.25 bits per heavy atom. The van der Waals surface area contributed by atoms with E-state index in [9.17, 15) is 9.59 Å². The minimum atomic E-state index is -0.862. The van der Waals surface area contributed by atoms with Crippen LogP contribution in [0.3, 0.4) is 0 Å². The lowest BCUT2D eigenvalue weighted by molar-refractivity contribution is -0.144. The molecule has 1 unspecified atom stereocenters. The molecule has 0 aromatic heterocycles. The number of carbonyl (C=O) groups is 2. The zero-order valence-electron chi connectivity index (χ0n) is 6.37. The van der Waals surface area contributed by atoms with Crippen molar-refractivity contribution in [2.75, 3.05) is 0 Å². The van der Waals surface area contributed by atoms with Crippen molar-refractivity contribution in [3.63, 3.8) is 0 Å². The lowest BCUT2D eigenvalue weighted by Gasteiger charge is -2.12. The second-order valence-corrected chi connectivity index (χ2v) is 4.12. The number of Topliss-reactive ketones (excluding diaryl/α,β-unsaturated/α-hetero) is 1. The second kappa shape index (κ2) is 2.46. The van der Waals surface area contributed by atoms with Crippen molar-refractivity contribution in [2.24, 2.45) is 17.8 Å². The Hall–Kier alpha value is -0.570. The number of carboxylic acids is 1. The summed E-state index contributed by atoms with van der Waals surface area (Å²) < 4.78 is 0. The largest absolute Gasteiger partial charge is 0.481 e. The standard InChI is InChI=1S/C8H9ClO3/c9-5-1-4-6(10)2-3(5)7(4)8(11)12/h3-5,7H,1-2H2,(H,11,12)/t3-,4+,5+,7?/m0/s1. The molecule has 0 aromatic rings. The van der Waals surface area contributed by atoms with Gasteiger partial charge in [0.1, 0.15) is 5.78 Å². The van der Waals surface area contributed by atoms with Gasteiger partial charge in [0.15, 0.2) is 0 Å². The Labute approximate surface area is 74.7 Å². The van der Waals surface area contributed by atoms with Crippen molar-refractivity contribution in [1.29, 1.82) is 0 Å². The zero-order chi connectivity index (χ0) is 8.88. The molecule has 66 valence electrons. The van der Waals surface area contributed by atoms with E-state index in [2.05, 4.69) is 0 Å². The Kier molecular flexibility index (Phi) is 1.65. The van der Waals surface area contributed by atoms with E-state index in [1.54, 1.807) is 0 Å². The summed E-state index contributed by atoms with van der Waals surface area (Å²) in [6.07, 6.45) is 0.928. The average Bonchev–Trinajstić information content (AvgIpc) is 2.41. The van der Waals surface area contributed by atoms with Gasteiger partial charge in [-0.25, -0.2) is 0 Å². The third-order valence-electron chi connectivity index (χ3n) is 2.97. The molecule has 1 N–H and O–H groups in total. The second-order valence-electron chi connectivity index (χ2n) is 3.56. The van der Waals surface area contributed by atoms with Gasteiger partial charge in [-0.1, -0.05) is 0 Å². The highest BCUT2D eigenvalue weighted by molar-refractivity contribution is 6.22. The molecule has 2 saturated carbocycles. The van der Waals surface area contributed by atoms with Crippen LogP contribution < -0.4 is 0 Å². The van der Waals surface area contributed by atoms with Crippen LogP contribution >= 0.6 is 11.6 Å². The highest BCUT2D eigenvalue weighted by Crippen LogP contribution is 2.49. The van der Waals surface area contributed by atoms with Crippen molar-refractivity contribution >= 4 is 23.4 Å². The van der Waals surface area contributed by atoms with Gasteiger partial charge in [-0.15, -0.1) is 11.6 Å².